The maximum Gasteiger partial charge on any atom is 0.352 e. The summed E-state index contributed by atoms with van der Waals surface area (Å²) in [5, 5.41) is 23.3. The number of nitrogens with zero attached hydrogens (tertiary/aromatic N) is 5. The summed E-state index contributed by atoms with van der Waals surface area (Å²) in [5.41, 5.74) is 6.51. The topological polar surface area (TPSA) is 106 Å². The summed E-state index contributed by atoms with van der Waals surface area (Å²) in [4.78, 5) is 12.9. The first-order valence-corrected chi connectivity index (χ1v) is 18.5. The molecule has 10 nitrogen and oxygen atoms in total. The number of carbonyl (C=O) groups is 1. The summed E-state index contributed by atoms with van der Waals surface area (Å²) in [6.07, 6.45) is 2.41. The van der Waals surface area contributed by atoms with Gasteiger partial charge in [-0.3, -0.25) is 9.36 Å². The minimum Gasteiger partial charge on any atom is -0.493 e. The van der Waals surface area contributed by atoms with Gasteiger partial charge in [-0.25, -0.2) is 9.18 Å². The zero-order valence-electron chi connectivity index (χ0n) is 31.1. The van der Waals surface area contributed by atoms with Gasteiger partial charge in [0.15, 0.2) is 0 Å². The lowest BCUT2D eigenvalue weighted by Crippen LogP contribution is -2.29. The molecule has 4 heterocycles. The van der Waals surface area contributed by atoms with E-state index in [1.807, 2.05) is 80.0 Å². The van der Waals surface area contributed by atoms with Gasteiger partial charge >= 0.3 is 5.97 Å². The van der Waals surface area contributed by atoms with Crippen LogP contribution < -0.4 is 4.74 Å². The zero-order valence-corrected chi connectivity index (χ0v) is 31.8. The number of aryl methyl sites for hydroxylation is 6. The maximum absolute atomic E-state index is 14.4. The second-order valence-corrected chi connectivity index (χ2v) is 14.5. The number of ether oxygens (including phenoxy) is 3. The molecule has 8 bridgehead atoms. The fraction of sp³-hybridized carbons (Fsp3) is 0.390. The molecule has 0 saturated heterocycles. The van der Waals surface area contributed by atoms with E-state index in [4.69, 9.17) is 36.0 Å². The third kappa shape index (κ3) is 6.82. The Labute approximate surface area is 313 Å². The van der Waals surface area contributed by atoms with E-state index in [1.54, 1.807) is 6.07 Å². The third-order valence-corrected chi connectivity index (χ3v) is 10.9. The fourth-order valence-electron chi connectivity index (χ4n) is 7.73. The summed E-state index contributed by atoms with van der Waals surface area (Å²) in [5.74, 6) is -0.681. The predicted molar refractivity (Wildman–Crippen MR) is 203 cm³/mol. The number of benzene rings is 3. The van der Waals surface area contributed by atoms with Crippen LogP contribution in [0, 0.1) is 19.7 Å². The molecule has 0 spiro atoms. The molecular weight excluding hydrogens is 697 g/mol. The Morgan fingerprint density at radius 2 is 1.87 bits per heavy atom. The van der Waals surface area contributed by atoms with Crippen LogP contribution in [0.3, 0.4) is 0 Å². The molecule has 7 rings (SSSR count). The van der Waals surface area contributed by atoms with Gasteiger partial charge < -0.3 is 23.9 Å². The Morgan fingerprint density at radius 1 is 1.06 bits per heavy atom. The van der Waals surface area contributed by atoms with Crippen LogP contribution in [-0.2, 0) is 55.2 Å². The molecule has 0 radical (unpaired) electrons. The number of fused-ring (bicyclic) bond motifs is 8. The standard InChI is InChI=1S/C41H45ClFN5O5/c1-7-51-18-15-41(4)39-36(25(3)46(5)45-39)37-32(42)13-14-33-35(37)24(2)38(40(49)50)48(33)16-8-17-52-34-20-26(19-27-21-28(43)10-12-31(27)34)9-11-30-22-29(23-53-41)44-47(30)6/h10,12-14,19-22H,7-9,11,15-18,23H2,1-6H3,(H,49,50). The summed E-state index contributed by atoms with van der Waals surface area (Å²) in [6, 6.07) is 14.5. The maximum atomic E-state index is 14.4. The number of carboxylic acid groups (broad SMARTS) is 1. The fourth-order valence-corrected chi connectivity index (χ4v) is 7.98. The van der Waals surface area contributed by atoms with Gasteiger partial charge in [-0.1, -0.05) is 17.7 Å². The van der Waals surface area contributed by atoms with Gasteiger partial charge in [-0.05, 0) is 106 Å². The molecule has 53 heavy (non-hydrogen) atoms. The van der Waals surface area contributed by atoms with E-state index in [0.717, 1.165) is 49.9 Å². The molecule has 1 N–H and O–H groups in total. The van der Waals surface area contributed by atoms with Gasteiger partial charge in [-0.15, -0.1) is 0 Å². The van der Waals surface area contributed by atoms with Crippen LogP contribution in [0.2, 0.25) is 5.02 Å². The molecule has 1 aliphatic rings. The van der Waals surface area contributed by atoms with E-state index in [9.17, 15) is 14.3 Å². The zero-order chi connectivity index (χ0) is 37.6. The molecule has 12 heteroatoms. The van der Waals surface area contributed by atoms with Gasteiger partial charge in [-0.2, -0.15) is 10.2 Å². The number of halogens is 2. The van der Waals surface area contributed by atoms with E-state index < -0.39 is 11.6 Å². The van der Waals surface area contributed by atoms with E-state index in [2.05, 4.69) is 6.07 Å². The number of carboxylic acids is 1. The van der Waals surface area contributed by atoms with Crippen LogP contribution >= 0.6 is 11.6 Å². The Kier molecular flexibility index (Phi) is 10.1. The molecule has 0 amide bonds. The van der Waals surface area contributed by atoms with Crippen molar-refractivity contribution in [3.05, 3.63) is 99.0 Å². The van der Waals surface area contributed by atoms with Crippen molar-refractivity contribution in [2.75, 3.05) is 19.8 Å². The van der Waals surface area contributed by atoms with E-state index in [0.29, 0.717) is 79.6 Å². The minimum absolute atomic E-state index is 0.193. The highest BCUT2D eigenvalue weighted by Crippen LogP contribution is 2.46. The average molecular weight is 742 g/mol. The Morgan fingerprint density at radius 3 is 2.64 bits per heavy atom. The van der Waals surface area contributed by atoms with Gasteiger partial charge in [0.2, 0.25) is 0 Å². The number of aromatic carboxylic acids is 1. The second-order valence-electron chi connectivity index (χ2n) is 14.1. The van der Waals surface area contributed by atoms with Crippen molar-refractivity contribution in [1.29, 1.82) is 0 Å². The van der Waals surface area contributed by atoms with Crippen molar-refractivity contribution in [1.82, 2.24) is 24.1 Å². The van der Waals surface area contributed by atoms with Crippen LogP contribution in [0.15, 0.2) is 48.5 Å². The highest BCUT2D eigenvalue weighted by Gasteiger charge is 2.37. The number of aromatic nitrogens is 5. The molecule has 6 aromatic rings. The van der Waals surface area contributed by atoms with Gasteiger partial charge in [0.05, 0.1) is 18.9 Å². The van der Waals surface area contributed by atoms with Crippen molar-refractivity contribution in [3.8, 4) is 16.9 Å². The highest BCUT2D eigenvalue weighted by molar-refractivity contribution is 6.35. The van der Waals surface area contributed by atoms with Crippen molar-refractivity contribution in [3.63, 3.8) is 0 Å². The number of rotatable bonds is 5. The van der Waals surface area contributed by atoms with Crippen LogP contribution in [0.5, 0.6) is 5.75 Å². The molecule has 1 aliphatic heterocycles. The monoisotopic (exact) mass is 741 g/mol. The average Bonchev–Trinajstić information content (AvgIpc) is 3.73. The second kappa shape index (κ2) is 14.6. The summed E-state index contributed by atoms with van der Waals surface area (Å²) >= 11 is 7.13. The van der Waals surface area contributed by atoms with Crippen LogP contribution in [0.4, 0.5) is 4.39 Å². The van der Waals surface area contributed by atoms with Crippen molar-refractivity contribution >= 4 is 39.2 Å². The van der Waals surface area contributed by atoms with Gasteiger partial charge in [0, 0.05) is 84.1 Å². The molecule has 278 valence electrons. The molecule has 1 unspecified atom stereocenters. The Bertz CT molecular complexity index is 2360. The molecule has 1 atom stereocenters. The lowest BCUT2D eigenvalue weighted by molar-refractivity contribution is -0.0719. The van der Waals surface area contributed by atoms with Crippen LogP contribution in [0.25, 0.3) is 32.8 Å². The SMILES string of the molecule is CCOCCC1(C)OCc2cc(n(C)n2)CCc2cc(c3ccc(F)cc3c2)OCCCn2c(C(=O)O)c(C)c3c(c(Cl)ccc32)-c2c1nn(C)c2C. The first-order chi connectivity index (χ1) is 25.4. The first-order valence-electron chi connectivity index (χ1n) is 18.1. The van der Waals surface area contributed by atoms with Crippen LogP contribution in [-0.4, -0.2) is 55.0 Å². The largest absolute Gasteiger partial charge is 0.493 e. The Hall–Kier alpha value is -4.71. The summed E-state index contributed by atoms with van der Waals surface area (Å²) < 4.78 is 39.1. The lowest BCUT2D eigenvalue weighted by atomic mass is 9.88. The van der Waals surface area contributed by atoms with Crippen molar-refractivity contribution in [2.24, 2.45) is 14.1 Å². The number of hydrogen-bond donors (Lipinski definition) is 1. The van der Waals surface area contributed by atoms with Crippen molar-refractivity contribution < 1.29 is 28.5 Å². The van der Waals surface area contributed by atoms with E-state index >= 15 is 0 Å². The Balaban J connectivity index is 1.42. The lowest BCUT2D eigenvalue weighted by Gasteiger charge is -2.29. The van der Waals surface area contributed by atoms with Gasteiger partial charge in [0.1, 0.15) is 28.6 Å². The van der Waals surface area contributed by atoms with Gasteiger partial charge in [0.25, 0.3) is 0 Å². The summed E-state index contributed by atoms with van der Waals surface area (Å²) in [6.45, 7) is 9.72. The molecular formula is C41H45ClFN5O5. The first kappa shape index (κ1) is 36.6. The number of hydrogen-bond acceptors (Lipinski definition) is 6. The van der Waals surface area contributed by atoms with Crippen LogP contribution in [0.1, 0.15) is 71.1 Å². The van der Waals surface area contributed by atoms with E-state index in [1.165, 1.54) is 12.1 Å². The van der Waals surface area contributed by atoms with Crippen molar-refractivity contribution in [2.45, 2.75) is 72.1 Å². The summed E-state index contributed by atoms with van der Waals surface area (Å²) in [7, 11) is 3.82. The van der Waals surface area contributed by atoms with E-state index in [-0.39, 0.29) is 18.1 Å². The molecule has 0 fully saturated rings. The quantitative estimate of drug-likeness (QED) is 0.177. The third-order valence-electron chi connectivity index (χ3n) is 10.6. The molecule has 0 saturated carbocycles. The molecule has 0 aliphatic carbocycles. The molecule has 3 aromatic carbocycles. The predicted octanol–water partition coefficient (Wildman–Crippen LogP) is 8.46. The normalized spacial score (nSPS) is 16.8. The minimum atomic E-state index is -1.03. The molecule has 3 aromatic heterocycles. The smallest absolute Gasteiger partial charge is 0.352 e. The highest BCUT2D eigenvalue weighted by atomic mass is 35.5.